The second-order valence-corrected chi connectivity index (χ2v) is 8.96. The van der Waals surface area contributed by atoms with E-state index in [0.717, 1.165) is 51.4 Å². The van der Waals surface area contributed by atoms with Crippen molar-refractivity contribution >= 4 is 30.7 Å². The lowest BCUT2D eigenvalue weighted by Crippen LogP contribution is -2.38. The number of hydrogen-bond donors (Lipinski definition) is 2. The van der Waals surface area contributed by atoms with Crippen LogP contribution in [0.3, 0.4) is 0 Å². The van der Waals surface area contributed by atoms with Crippen molar-refractivity contribution in [2.45, 2.75) is 26.1 Å². The van der Waals surface area contributed by atoms with Gasteiger partial charge in [-0.1, -0.05) is 6.07 Å². The Morgan fingerprint density at radius 2 is 2.09 bits per heavy atom. The van der Waals surface area contributed by atoms with E-state index >= 15 is 0 Å². The van der Waals surface area contributed by atoms with Crippen LogP contribution in [0.2, 0.25) is 0 Å². The third-order valence-corrected chi connectivity index (χ3v) is 6.83. The summed E-state index contributed by atoms with van der Waals surface area (Å²) in [6.07, 6.45) is 1.09. The predicted octanol–water partition coefficient (Wildman–Crippen LogP) is 1.93. The number of amides is 1. The van der Waals surface area contributed by atoms with Gasteiger partial charge < -0.3 is 15.3 Å². The molecule has 2 aromatic rings. The Balaban J connectivity index is 0.00000144. The molecule has 4 heterocycles. The van der Waals surface area contributed by atoms with Crippen molar-refractivity contribution in [1.82, 2.24) is 24.9 Å². The van der Waals surface area contributed by atoms with E-state index in [2.05, 4.69) is 21.0 Å². The molecular weight excluding hydrogens is 456 g/mol. The van der Waals surface area contributed by atoms with Crippen molar-refractivity contribution in [2.75, 3.05) is 39.3 Å². The Labute approximate surface area is 199 Å². The minimum Gasteiger partial charge on any atom is -0.396 e. The average Bonchev–Trinajstić information content (AvgIpc) is 3.33. The van der Waals surface area contributed by atoms with E-state index in [1.807, 2.05) is 0 Å². The summed E-state index contributed by atoms with van der Waals surface area (Å²) in [5.74, 6) is -0.354. The average molecular weight is 486 g/mol. The van der Waals surface area contributed by atoms with Crippen LogP contribution in [-0.4, -0.2) is 69.9 Å². The predicted molar refractivity (Wildman–Crippen MR) is 124 cm³/mol. The maximum Gasteiger partial charge on any atom is 0.253 e. The van der Waals surface area contributed by atoms with E-state index in [4.69, 9.17) is 5.10 Å². The molecule has 3 aliphatic rings. The Hall–Kier alpha value is -1.71. The summed E-state index contributed by atoms with van der Waals surface area (Å²) in [7, 11) is 0. The van der Waals surface area contributed by atoms with Gasteiger partial charge in [-0.3, -0.25) is 14.4 Å². The van der Waals surface area contributed by atoms with Gasteiger partial charge in [-0.05, 0) is 43.1 Å². The van der Waals surface area contributed by atoms with Crippen LogP contribution in [0, 0.1) is 17.2 Å². The third kappa shape index (κ3) is 4.65. The van der Waals surface area contributed by atoms with Crippen molar-refractivity contribution in [2.24, 2.45) is 11.3 Å². The van der Waals surface area contributed by atoms with Crippen molar-refractivity contribution in [3.63, 3.8) is 0 Å². The number of likely N-dealkylation sites (tertiary alicyclic amines) is 2. The van der Waals surface area contributed by atoms with Crippen LogP contribution in [0.15, 0.2) is 30.3 Å². The summed E-state index contributed by atoms with van der Waals surface area (Å²) in [6, 6.07) is 8.01. The molecule has 0 bridgehead atoms. The van der Waals surface area contributed by atoms with Crippen LogP contribution in [0.1, 0.15) is 28.2 Å². The lowest BCUT2D eigenvalue weighted by Gasteiger charge is -2.27. The Kier molecular flexibility index (Phi) is 7.83. The normalized spacial score (nSPS) is 24.8. The number of aliphatic hydroxyl groups excluding tert-OH is 1. The fourth-order valence-electron chi connectivity index (χ4n) is 5.32. The number of carbonyl (C=O) groups excluding carboxylic acids is 1. The number of halogens is 3. The van der Waals surface area contributed by atoms with E-state index in [-0.39, 0.29) is 48.7 Å². The highest BCUT2D eigenvalue weighted by molar-refractivity contribution is 5.94. The molecule has 0 radical (unpaired) electrons. The standard InChI is InChI=1S/C22H28FN5O2.2ClH/c23-18-4-1-3-16(7-18)21(30)27-11-17-10-26(13-22(17,14-27)15-29)12-19-8-20-9-24-5-2-6-28(20)25-19;;/h1,3-4,7-8,17,24,29H,2,5-6,9-15H2;2*1H/t17-,22+;;/m0../s1. The smallest absolute Gasteiger partial charge is 0.253 e. The topological polar surface area (TPSA) is 73.6 Å². The zero-order valence-corrected chi connectivity index (χ0v) is 19.5. The third-order valence-electron chi connectivity index (χ3n) is 6.83. The maximum absolute atomic E-state index is 13.5. The number of aromatic nitrogens is 2. The molecular formula is C22H30Cl2FN5O2. The summed E-state index contributed by atoms with van der Waals surface area (Å²) in [5.41, 5.74) is 2.34. The van der Waals surface area contributed by atoms with Gasteiger partial charge in [0.2, 0.25) is 0 Å². The molecule has 0 aliphatic carbocycles. The number of benzene rings is 1. The number of aryl methyl sites for hydroxylation is 1. The number of nitrogens with zero attached hydrogens (tertiary/aromatic N) is 4. The molecule has 2 fully saturated rings. The highest BCUT2D eigenvalue weighted by Gasteiger charge is 2.53. The zero-order chi connectivity index (χ0) is 20.7. The first-order chi connectivity index (χ1) is 14.6. The molecule has 0 saturated carbocycles. The second-order valence-electron chi connectivity index (χ2n) is 8.96. The summed E-state index contributed by atoms with van der Waals surface area (Å²) < 4.78 is 15.6. The van der Waals surface area contributed by atoms with Gasteiger partial charge in [-0.25, -0.2) is 4.39 Å². The van der Waals surface area contributed by atoms with Gasteiger partial charge in [0.25, 0.3) is 5.91 Å². The second kappa shape index (κ2) is 10.1. The first kappa shape index (κ1) is 24.9. The zero-order valence-electron chi connectivity index (χ0n) is 17.9. The molecule has 1 aromatic heterocycles. The van der Waals surface area contributed by atoms with Crippen LogP contribution in [0.4, 0.5) is 4.39 Å². The minimum absolute atomic E-state index is 0. The first-order valence-electron chi connectivity index (χ1n) is 10.7. The number of fused-ring (bicyclic) bond motifs is 2. The summed E-state index contributed by atoms with van der Waals surface area (Å²) >= 11 is 0. The molecule has 3 aliphatic heterocycles. The summed E-state index contributed by atoms with van der Waals surface area (Å²) in [4.78, 5) is 17.0. The van der Waals surface area contributed by atoms with E-state index < -0.39 is 5.82 Å². The summed E-state index contributed by atoms with van der Waals surface area (Å²) in [6.45, 7) is 6.29. The molecule has 0 unspecified atom stereocenters. The van der Waals surface area contributed by atoms with Gasteiger partial charge in [0.15, 0.2) is 0 Å². The SMILES string of the molecule is Cl.Cl.O=C(c1cccc(F)c1)N1C[C@@H]2CN(Cc3cc4n(n3)CCCNC4)C[C@]2(CO)C1. The van der Waals surface area contributed by atoms with Gasteiger partial charge in [-0.15, -0.1) is 24.8 Å². The Morgan fingerprint density at radius 1 is 1.25 bits per heavy atom. The molecule has 0 spiro atoms. The van der Waals surface area contributed by atoms with Crippen molar-refractivity contribution in [3.8, 4) is 0 Å². The number of carbonyl (C=O) groups is 1. The summed E-state index contributed by atoms with van der Waals surface area (Å²) in [5, 5.41) is 18.4. The number of rotatable bonds is 4. The lowest BCUT2D eigenvalue weighted by molar-refractivity contribution is 0.0718. The lowest BCUT2D eigenvalue weighted by atomic mass is 9.82. The van der Waals surface area contributed by atoms with E-state index in [1.54, 1.807) is 17.0 Å². The quantitative estimate of drug-likeness (QED) is 0.691. The molecule has 1 aromatic carbocycles. The van der Waals surface area contributed by atoms with Crippen LogP contribution in [0.25, 0.3) is 0 Å². The number of hydrogen-bond acceptors (Lipinski definition) is 5. The molecule has 2 atom stereocenters. The van der Waals surface area contributed by atoms with Crippen LogP contribution in [-0.2, 0) is 19.6 Å². The molecule has 32 heavy (non-hydrogen) atoms. The van der Waals surface area contributed by atoms with Gasteiger partial charge >= 0.3 is 0 Å². The van der Waals surface area contributed by atoms with Crippen molar-refractivity contribution in [1.29, 1.82) is 0 Å². The van der Waals surface area contributed by atoms with Gasteiger partial charge in [-0.2, -0.15) is 5.10 Å². The fourth-order valence-corrected chi connectivity index (χ4v) is 5.32. The molecule has 7 nitrogen and oxygen atoms in total. The van der Waals surface area contributed by atoms with E-state index in [1.165, 1.54) is 17.8 Å². The van der Waals surface area contributed by atoms with Crippen LogP contribution in [0.5, 0.6) is 0 Å². The molecule has 176 valence electrons. The van der Waals surface area contributed by atoms with Gasteiger partial charge in [0.05, 0.1) is 18.0 Å². The first-order valence-corrected chi connectivity index (χ1v) is 10.7. The number of aliphatic hydroxyl groups is 1. The molecule has 2 saturated heterocycles. The van der Waals surface area contributed by atoms with E-state index in [9.17, 15) is 14.3 Å². The van der Waals surface area contributed by atoms with Crippen LogP contribution < -0.4 is 5.32 Å². The highest BCUT2D eigenvalue weighted by Crippen LogP contribution is 2.43. The number of nitrogens with one attached hydrogen (secondary N) is 1. The van der Waals surface area contributed by atoms with Gasteiger partial charge in [0.1, 0.15) is 5.82 Å². The Bertz CT molecular complexity index is 935. The molecule has 5 rings (SSSR count). The largest absolute Gasteiger partial charge is 0.396 e. The maximum atomic E-state index is 13.5. The molecule has 10 heteroatoms. The van der Waals surface area contributed by atoms with E-state index in [0.29, 0.717) is 18.7 Å². The Morgan fingerprint density at radius 3 is 2.84 bits per heavy atom. The van der Waals surface area contributed by atoms with Crippen LogP contribution >= 0.6 is 24.8 Å². The monoisotopic (exact) mass is 485 g/mol. The van der Waals surface area contributed by atoms with Crippen molar-refractivity contribution < 1.29 is 14.3 Å². The van der Waals surface area contributed by atoms with Crippen molar-refractivity contribution in [3.05, 3.63) is 53.1 Å². The van der Waals surface area contributed by atoms with Gasteiger partial charge in [0, 0.05) is 56.8 Å². The highest BCUT2D eigenvalue weighted by atomic mass is 35.5. The minimum atomic E-state index is -0.406. The molecule has 1 amide bonds. The fraction of sp³-hybridized carbons (Fsp3) is 0.545. The molecule has 2 N–H and O–H groups in total.